The molecule has 2 nitrogen and oxygen atoms in total. The van der Waals surface area contributed by atoms with E-state index in [0.29, 0.717) is 5.92 Å². The Balaban J connectivity index is 1.89. The number of nitrogen functional groups attached to an aromatic ring is 1. The van der Waals surface area contributed by atoms with Crippen LogP contribution in [0.3, 0.4) is 0 Å². The molecule has 0 saturated heterocycles. The van der Waals surface area contributed by atoms with Gasteiger partial charge in [0, 0.05) is 5.69 Å². The molecule has 0 bridgehead atoms. The Kier molecular flexibility index (Phi) is 4.43. The van der Waals surface area contributed by atoms with E-state index in [9.17, 15) is 0 Å². The fraction of sp³-hybridized carbons (Fsp3) is 0.600. The van der Waals surface area contributed by atoms with Gasteiger partial charge in [0.1, 0.15) is 0 Å². The quantitative estimate of drug-likeness (QED) is 0.783. The van der Waals surface area contributed by atoms with Crippen molar-refractivity contribution in [3.63, 3.8) is 0 Å². The van der Waals surface area contributed by atoms with Crippen molar-refractivity contribution in [1.29, 1.82) is 0 Å². The first-order chi connectivity index (χ1) is 8.31. The van der Waals surface area contributed by atoms with Crippen molar-refractivity contribution in [2.75, 3.05) is 12.3 Å². The summed E-state index contributed by atoms with van der Waals surface area (Å²) in [7, 11) is 0. The van der Waals surface area contributed by atoms with Crippen LogP contribution in [0.15, 0.2) is 24.3 Å². The molecule has 0 unspecified atom stereocenters. The minimum Gasteiger partial charge on any atom is -0.398 e. The summed E-state index contributed by atoms with van der Waals surface area (Å²) in [6.45, 7) is 0.839. The standard InChI is InChI=1S/C15H24N2/c16-11-3-4-12-7-9-13(10-8-12)14-5-1-2-6-15(14)17/h1-2,5-6,12-13H,3-4,7-11,16-17H2. The van der Waals surface area contributed by atoms with Gasteiger partial charge < -0.3 is 11.5 Å². The van der Waals surface area contributed by atoms with E-state index >= 15 is 0 Å². The number of para-hydroxylation sites is 1. The smallest absolute Gasteiger partial charge is 0.0349 e. The van der Waals surface area contributed by atoms with E-state index in [0.717, 1.165) is 18.2 Å². The van der Waals surface area contributed by atoms with Crippen molar-refractivity contribution in [2.45, 2.75) is 44.4 Å². The molecule has 17 heavy (non-hydrogen) atoms. The number of hydrogen-bond acceptors (Lipinski definition) is 2. The van der Waals surface area contributed by atoms with E-state index in [1.807, 2.05) is 12.1 Å². The lowest BCUT2D eigenvalue weighted by atomic mass is 9.77. The van der Waals surface area contributed by atoms with Crippen molar-refractivity contribution in [2.24, 2.45) is 11.7 Å². The number of benzene rings is 1. The Hall–Kier alpha value is -1.02. The SMILES string of the molecule is NCCCC1CCC(c2ccccc2N)CC1. The van der Waals surface area contributed by atoms with Crippen LogP contribution in [-0.2, 0) is 0 Å². The molecule has 0 amide bonds. The zero-order chi connectivity index (χ0) is 12.1. The Morgan fingerprint density at radius 3 is 2.41 bits per heavy atom. The van der Waals surface area contributed by atoms with Gasteiger partial charge in [0.2, 0.25) is 0 Å². The van der Waals surface area contributed by atoms with Gasteiger partial charge in [-0.1, -0.05) is 18.2 Å². The van der Waals surface area contributed by atoms with Gasteiger partial charge in [0.15, 0.2) is 0 Å². The van der Waals surface area contributed by atoms with E-state index in [1.54, 1.807) is 0 Å². The number of hydrogen-bond donors (Lipinski definition) is 2. The monoisotopic (exact) mass is 232 g/mol. The van der Waals surface area contributed by atoms with E-state index < -0.39 is 0 Å². The Labute approximate surface area is 104 Å². The van der Waals surface area contributed by atoms with Gasteiger partial charge in [-0.05, 0) is 68.5 Å². The van der Waals surface area contributed by atoms with Crippen LogP contribution in [0.25, 0.3) is 0 Å². The molecule has 1 aromatic carbocycles. The second-order valence-electron chi connectivity index (χ2n) is 5.28. The summed E-state index contributed by atoms with van der Waals surface area (Å²) < 4.78 is 0. The van der Waals surface area contributed by atoms with Crippen molar-refractivity contribution in [3.8, 4) is 0 Å². The molecule has 0 radical (unpaired) electrons. The minimum atomic E-state index is 0.685. The highest BCUT2D eigenvalue weighted by Crippen LogP contribution is 2.39. The maximum absolute atomic E-state index is 6.05. The molecule has 0 atom stereocenters. The normalized spacial score (nSPS) is 24.8. The van der Waals surface area contributed by atoms with Gasteiger partial charge in [0.25, 0.3) is 0 Å². The molecule has 94 valence electrons. The van der Waals surface area contributed by atoms with Gasteiger partial charge in [-0.2, -0.15) is 0 Å². The predicted molar refractivity (Wildman–Crippen MR) is 73.8 cm³/mol. The third-order valence-corrected chi connectivity index (χ3v) is 4.10. The highest BCUT2D eigenvalue weighted by atomic mass is 14.6. The van der Waals surface area contributed by atoms with Crippen LogP contribution in [-0.4, -0.2) is 6.54 Å². The maximum atomic E-state index is 6.05. The maximum Gasteiger partial charge on any atom is 0.0349 e. The topological polar surface area (TPSA) is 52.0 Å². The molecule has 0 spiro atoms. The van der Waals surface area contributed by atoms with E-state index in [4.69, 9.17) is 11.5 Å². The van der Waals surface area contributed by atoms with Gasteiger partial charge in [-0.25, -0.2) is 0 Å². The molecule has 2 rings (SSSR count). The fourth-order valence-electron chi connectivity index (χ4n) is 3.05. The molecule has 1 aromatic rings. The summed E-state index contributed by atoms with van der Waals surface area (Å²) in [5.41, 5.74) is 14.0. The first-order valence-corrected chi connectivity index (χ1v) is 6.85. The van der Waals surface area contributed by atoms with Crippen LogP contribution in [0.1, 0.15) is 50.0 Å². The molecule has 4 N–H and O–H groups in total. The number of nitrogens with two attached hydrogens (primary N) is 2. The largest absolute Gasteiger partial charge is 0.398 e. The van der Waals surface area contributed by atoms with Crippen molar-refractivity contribution < 1.29 is 0 Å². The third kappa shape index (κ3) is 3.22. The zero-order valence-corrected chi connectivity index (χ0v) is 10.6. The first kappa shape index (κ1) is 12.4. The van der Waals surface area contributed by atoms with Gasteiger partial charge in [0.05, 0.1) is 0 Å². The second-order valence-corrected chi connectivity index (χ2v) is 5.28. The predicted octanol–water partition coefficient (Wildman–Crippen LogP) is 3.28. The molecular weight excluding hydrogens is 208 g/mol. The highest BCUT2D eigenvalue weighted by molar-refractivity contribution is 5.48. The minimum absolute atomic E-state index is 0.685. The van der Waals surface area contributed by atoms with Crippen molar-refractivity contribution >= 4 is 5.69 Å². The summed E-state index contributed by atoms with van der Waals surface area (Å²) in [6.07, 6.45) is 7.78. The summed E-state index contributed by atoms with van der Waals surface area (Å²) in [6, 6.07) is 8.34. The lowest BCUT2D eigenvalue weighted by molar-refractivity contribution is 0.306. The number of rotatable bonds is 4. The van der Waals surface area contributed by atoms with Crippen LogP contribution in [0.4, 0.5) is 5.69 Å². The molecule has 1 aliphatic rings. The van der Waals surface area contributed by atoms with E-state index in [2.05, 4.69) is 12.1 Å². The van der Waals surface area contributed by atoms with Crippen LogP contribution < -0.4 is 11.5 Å². The molecule has 1 saturated carbocycles. The average Bonchev–Trinajstić information content (AvgIpc) is 2.38. The van der Waals surface area contributed by atoms with E-state index in [-0.39, 0.29) is 0 Å². The lowest BCUT2D eigenvalue weighted by Crippen LogP contribution is -2.15. The second kappa shape index (κ2) is 6.06. The molecule has 1 fully saturated rings. The highest BCUT2D eigenvalue weighted by Gasteiger charge is 2.22. The van der Waals surface area contributed by atoms with Crippen molar-refractivity contribution in [1.82, 2.24) is 0 Å². The van der Waals surface area contributed by atoms with Gasteiger partial charge in [-0.3, -0.25) is 0 Å². The van der Waals surface area contributed by atoms with Crippen LogP contribution in [0.5, 0.6) is 0 Å². The molecule has 0 aromatic heterocycles. The van der Waals surface area contributed by atoms with Crippen molar-refractivity contribution in [3.05, 3.63) is 29.8 Å². The molecule has 1 aliphatic carbocycles. The molecular formula is C15H24N2. The average molecular weight is 232 g/mol. The zero-order valence-electron chi connectivity index (χ0n) is 10.6. The fourth-order valence-corrected chi connectivity index (χ4v) is 3.05. The lowest BCUT2D eigenvalue weighted by Gasteiger charge is -2.29. The van der Waals surface area contributed by atoms with Crippen LogP contribution in [0, 0.1) is 5.92 Å². The summed E-state index contributed by atoms with van der Waals surface area (Å²) in [4.78, 5) is 0. The van der Waals surface area contributed by atoms with Crippen LogP contribution in [0.2, 0.25) is 0 Å². The summed E-state index contributed by atoms with van der Waals surface area (Å²) >= 11 is 0. The summed E-state index contributed by atoms with van der Waals surface area (Å²) in [5, 5.41) is 0. The van der Waals surface area contributed by atoms with Gasteiger partial charge >= 0.3 is 0 Å². The Morgan fingerprint density at radius 2 is 1.76 bits per heavy atom. The molecule has 0 aliphatic heterocycles. The van der Waals surface area contributed by atoms with Crippen LogP contribution >= 0.6 is 0 Å². The Morgan fingerprint density at radius 1 is 1.06 bits per heavy atom. The first-order valence-electron chi connectivity index (χ1n) is 6.85. The van der Waals surface area contributed by atoms with Gasteiger partial charge in [-0.15, -0.1) is 0 Å². The third-order valence-electron chi connectivity index (χ3n) is 4.10. The summed E-state index contributed by atoms with van der Waals surface area (Å²) in [5.74, 6) is 1.59. The molecule has 0 heterocycles. The van der Waals surface area contributed by atoms with E-state index in [1.165, 1.54) is 44.1 Å². The number of anilines is 1. The Bertz CT molecular complexity index is 341. The molecule has 2 heteroatoms.